The van der Waals surface area contributed by atoms with Crippen molar-refractivity contribution >= 4 is 28.4 Å². The number of benzene rings is 2. The Morgan fingerprint density at radius 1 is 1.15 bits per heavy atom. The van der Waals surface area contributed by atoms with Crippen LogP contribution in [0.25, 0.3) is 22.3 Å². The van der Waals surface area contributed by atoms with Crippen LogP contribution in [0, 0.1) is 11.6 Å². The van der Waals surface area contributed by atoms with Gasteiger partial charge in [0, 0.05) is 29.4 Å². The van der Waals surface area contributed by atoms with Gasteiger partial charge in [-0.1, -0.05) is 6.07 Å². The summed E-state index contributed by atoms with van der Waals surface area (Å²) in [6, 6.07) is 8.96. The van der Waals surface area contributed by atoms with Gasteiger partial charge in [0.1, 0.15) is 29.5 Å². The molecular formula is C24H22F2N6O. The van der Waals surface area contributed by atoms with Gasteiger partial charge in [-0.15, -0.1) is 0 Å². The molecule has 5 rings (SSSR count). The summed E-state index contributed by atoms with van der Waals surface area (Å²) in [6.07, 6.45) is 1.87. The van der Waals surface area contributed by atoms with Crippen LogP contribution in [-0.2, 0) is 17.6 Å². The number of carbonyl (C=O) groups is 1. The van der Waals surface area contributed by atoms with E-state index in [9.17, 15) is 13.6 Å². The lowest BCUT2D eigenvalue weighted by Gasteiger charge is -2.18. The topological polar surface area (TPSA) is 89.9 Å². The Bertz CT molecular complexity index is 1400. The second-order valence-corrected chi connectivity index (χ2v) is 8.40. The van der Waals surface area contributed by atoms with Gasteiger partial charge in [0.25, 0.3) is 0 Å². The number of aromatic nitrogens is 4. The molecule has 0 saturated heterocycles. The van der Waals surface area contributed by atoms with Gasteiger partial charge in [-0.3, -0.25) is 4.79 Å². The fourth-order valence-electron chi connectivity index (χ4n) is 4.30. The quantitative estimate of drug-likeness (QED) is 0.508. The molecule has 0 atom stereocenters. The van der Waals surface area contributed by atoms with Crippen molar-refractivity contribution < 1.29 is 13.6 Å². The van der Waals surface area contributed by atoms with Crippen molar-refractivity contribution in [2.24, 2.45) is 0 Å². The van der Waals surface area contributed by atoms with Crippen LogP contribution in [0.4, 0.5) is 20.3 Å². The normalized spacial score (nSPS) is 13.2. The molecule has 0 aliphatic carbocycles. The van der Waals surface area contributed by atoms with Crippen molar-refractivity contribution in [3.8, 4) is 11.3 Å². The van der Waals surface area contributed by atoms with E-state index >= 15 is 0 Å². The first-order valence-corrected chi connectivity index (χ1v) is 10.7. The lowest BCUT2D eigenvalue weighted by atomic mass is 10.0. The summed E-state index contributed by atoms with van der Waals surface area (Å²) in [5.41, 5.74) is 10.2. The van der Waals surface area contributed by atoms with Gasteiger partial charge in [-0.05, 0) is 56.2 Å². The average molecular weight is 448 g/mol. The average Bonchev–Trinajstić information content (AvgIpc) is 3.38. The maximum absolute atomic E-state index is 14.0. The number of hydrogen-bond acceptors (Lipinski definition) is 5. The SMILES string of the molecule is CC(C)n1nc(-c2ccc3c(c2)CCN3C(=O)Cc2cc(F)ccc2F)c2c(N)ncnc21. The smallest absolute Gasteiger partial charge is 0.231 e. The van der Waals surface area contributed by atoms with Crippen LogP contribution in [0.3, 0.4) is 0 Å². The van der Waals surface area contributed by atoms with Gasteiger partial charge >= 0.3 is 0 Å². The van der Waals surface area contributed by atoms with Crippen molar-refractivity contribution in [2.45, 2.75) is 32.7 Å². The van der Waals surface area contributed by atoms with Gasteiger partial charge < -0.3 is 10.6 Å². The molecule has 2 aromatic carbocycles. The maximum atomic E-state index is 14.0. The minimum atomic E-state index is -0.591. The van der Waals surface area contributed by atoms with Crippen molar-refractivity contribution in [3.05, 3.63) is 65.5 Å². The third-order valence-electron chi connectivity index (χ3n) is 5.91. The third kappa shape index (κ3) is 3.59. The molecule has 4 aromatic rings. The molecule has 1 aliphatic heterocycles. The number of amides is 1. The van der Waals surface area contributed by atoms with Crippen molar-refractivity contribution in [2.75, 3.05) is 17.2 Å². The maximum Gasteiger partial charge on any atom is 0.231 e. The summed E-state index contributed by atoms with van der Waals surface area (Å²) in [6.45, 7) is 4.51. The lowest BCUT2D eigenvalue weighted by molar-refractivity contribution is -0.117. The number of nitrogen functional groups attached to an aromatic ring is 1. The number of halogens is 2. The molecule has 1 amide bonds. The first-order chi connectivity index (χ1) is 15.8. The highest BCUT2D eigenvalue weighted by atomic mass is 19.1. The molecule has 0 bridgehead atoms. The molecule has 168 valence electrons. The van der Waals surface area contributed by atoms with E-state index in [0.29, 0.717) is 35.5 Å². The van der Waals surface area contributed by atoms with E-state index in [2.05, 4.69) is 9.97 Å². The number of rotatable bonds is 4. The number of nitrogens with zero attached hydrogens (tertiary/aromatic N) is 5. The van der Waals surface area contributed by atoms with Crippen LogP contribution >= 0.6 is 0 Å². The molecule has 2 N–H and O–H groups in total. The van der Waals surface area contributed by atoms with Gasteiger partial charge in [-0.2, -0.15) is 5.10 Å². The van der Waals surface area contributed by atoms with E-state index in [1.54, 1.807) is 4.90 Å². The van der Waals surface area contributed by atoms with E-state index in [0.717, 1.165) is 35.0 Å². The summed E-state index contributed by atoms with van der Waals surface area (Å²) in [4.78, 5) is 23.0. The Morgan fingerprint density at radius 3 is 2.76 bits per heavy atom. The Kier molecular flexibility index (Phi) is 5.03. The second kappa shape index (κ2) is 7.91. The highest BCUT2D eigenvalue weighted by Gasteiger charge is 2.27. The fourth-order valence-corrected chi connectivity index (χ4v) is 4.30. The van der Waals surface area contributed by atoms with Crippen molar-refractivity contribution in [3.63, 3.8) is 0 Å². The van der Waals surface area contributed by atoms with Gasteiger partial charge in [0.05, 0.1) is 11.8 Å². The molecule has 2 aromatic heterocycles. The van der Waals surface area contributed by atoms with Gasteiger partial charge in [0.2, 0.25) is 5.91 Å². The molecule has 1 aliphatic rings. The predicted octanol–water partition coefficient (Wildman–Crippen LogP) is 4.07. The van der Waals surface area contributed by atoms with Gasteiger partial charge in [0.15, 0.2) is 5.65 Å². The first kappa shape index (κ1) is 21.0. The minimum absolute atomic E-state index is 0.0474. The molecule has 0 spiro atoms. The molecule has 0 unspecified atom stereocenters. The van der Waals surface area contributed by atoms with E-state index < -0.39 is 11.6 Å². The molecular weight excluding hydrogens is 426 g/mol. The molecule has 0 saturated carbocycles. The zero-order valence-corrected chi connectivity index (χ0v) is 18.2. The monoisotopic (exact) mass is 448 g/mol. The zero-order chi connectivity index (χ0) is 23.3. The fraction of sp³-hybridized carbons (Fsp3) is 0.250. The van der Waals surface area contributed by atoms with E-state index in [4.69, 9.17) is 10.8 Å². The summed E-state index contributed by atoms with van der Waals surface area (Å²) >= 11 is 0. The van der Waals surface area contributed by atoms with Crippen LogP contribution in [0.1, 0.15) is 31.0 Å². The summed E-state index contributed by atoms with van der Waals surface area (Å²) in [5.74, 6) is -1.08. The highest BCUT2D eigenvalue weighted by Crippen LogP contribution is 2.36. The zero-order valence-electron chi connectivity index (χ0n) is 18.2. The Labute approximate surface area is 188 Å². The molecule has 9 heteroatoms. The van der Waals surface area contributed by atoms with Crippen LogP contribution in [0.15, 0.2) is 42.7 Å². The Morgan fingerprint density at radius 2 is 1.97 bits per heavy atom. The molecule has 0 fully saturated rings. The number of anilines is 2. The third-order valence-corrected chi connectivity index (χ3v) is 5.91. The first-order valence-electron chi connectivity index (χ1n) is 10.7. The second-order valence-electron chi connectivity index (χ2n) is 8.40. The molecule has 7 nitrogen and oxygen atoms in total. The Hall–Kier alpha value is -3.88. The summed E-state index contributed by atoms with van der Waals surface area (Å²) < 4.78 is 29.3. The largest absolute Gasteiger partial charge is 0.383 e. The lowest BCUT2D eigenvalue weighted by Crippen LogP contribution is -2.30. The van der Waals surface area contributed by atoms with Crippen molar-refractivity contribution in [1.82, 2.24) is 19.7 Å². The highest BCUT2D eigenvalue weighted by molar-refractivity contribution is 6.00. The standard InChI is InChI=1S/C24H22F2N6O/c1-13(2)32-24-21(23(27)28-12-29-24)22(30-32)15-3-6-19-14(9-15)7-8-31(19)20(33)11-16-10-17(25)4-5-18(16)26/h3-6,9-10,12-13H,7-8,11H2,1-2H3,(H2,27,28,29). The molecule has 3 heterocycles. The van der Waals surface area contributed by atoms with Crippen LogP contribution in [-0.4, -0.2) is 32.2 Å². The molecule has 0 radical (unpaired) electrons. The van der Waals surface area contributed by atoms with Crippen LogP contribution in [0.5, 0.6) is 0 Å². The minimum Gasteiger partial charge on any atom is -0.383 e. The number of nitrogens with two attached hydrogens (primary N) is 1. The number of hydrogen-bond donors (Lipinski definition) is 1. The summed E-state index contributed by atoms with van der Waals surface area (Å²) in [7, 11) is 0. The number of fused-ring (bicyclic) bond motifs is 2. The van der Waals surface area contributed by atoms with Crippen LogP contribution in [0.2, 0.25) is 0 Å². The number of carbonyl (C=O) groups excluding carboxylic acids is 1. The van der Waals surface area contributed by atoms with Crippen LogP contribution < -0.4 is 10.6 Å². The molecule has 33 heavy (non-hydrogen) atoms. The van der Waals surface area contributed by atoms with E-state index in [1.807, 2.05) is 36.7 Å². The van der Waals surface area contributed by atoms with E-state index in [-0.39, 0.29) is 23.9 Å². The van der Waals surface area contributed by atoms with Gasteiger partial charge in [-0.25, -0.2) is 23.4 Å². The van der Waals surface area contributed by atoms with Crippen molar-refractivity contribution in [1.29, 1.82) is 0 Å². The predicted molar refractivity (Wildman–Crippen MR) is 122 cm³/mol. The summed E-state index contributed by atoms with van der Waals surface area (Å²) in [5, 5.41) is 5.44. The van der Waals surface area contributed by atoms with E-state index in [1.165, 1.54) is 6.33 Å². The Balaban J connectivity index is 1.49.